The lowest BCUT2D eigenvalue weighted by Crippen LogP contribution is -2.38. The number of aromatic amines is 1. The van der Waals surface area contributed by atoms with Gasteiger partial charge in [0.2, 0.25) is 0 Å². The van der Waals surface area contributed by atoms with Gasteiger partial charge < -0.3 is 20.4 Å². The van der Waals surface area contributed by atoms with E-state index in [1.807, 2.05) is 18.7 Å². The van der Waals surface area contributed by atoms with Crippen molar-refractivity contribution in [3.05, 3.63) is 22.7 Å². The zero-order chi connectivity index (χ0) is 12.7. The van der Waals surface area contributed by atoms with Crippen molar-refractivity contribution in [1.82, 2.24) is 9.97 Å². The Balaban J connectivity index is 2.66. The fourth-order valence-corrected chi connectivity index (χ4v) is 1.51. The van der Waals surface area contributed by atoms with Gasteiger partial charge in [-0.2, -0.15) is 0 Å². The predicted molar refractivity (Wildman–Crippen MR) is 67.2 cm³/mol. The molecule has 0 fully saturated rings. The second-order valence-electron chi connectivity index (χ2n) is 3.93. The molecule has 0 bridgehead atoms. The summed E-state index contributed by atoms with van der Waals surface area (Å²) in [6, 6.07) is 0.187. The van der Waals surface area contributed by atoms with Crippen LogP contribution in [0.1, 0.15) is 13.8 Å². The summed E-state index contributed by atoms with van der Waals surface area (Å²) in [4.78, 5) is 20.3. The van der Waals surface area contributed by atoms with Gasteiger partial charge in [-0.3, -0.25) is 4.79 Å². The predicted octanol–water partition coefficient (Wildman–Crippen LogP) is -0.0400. The lowest BCUT2D eigenvalue weighted by Gasteiger charge is -2.26. The van der Waals surface area contributed by atoms with E-state index in [9.17, 15) is 4.79 Å². The van der Waals surface area contributed by atoms with E-state index in [0.717, 1.165) is 0 Å². The van der Waals surface area contributed by atoms with Crippen molar-refractivity contribution in [2.24, 2.45) is 5.73 Å². The summed E-state index contributed by atoms with van der Waals surface area (Å²) < 4.78 is 5.32. The van der Waals surface area contributed by atoms with Crippen molar-refractivity contribution in [3.8, 4) is 0 Å². The highest BCUT2D eigenvalue weighted by atomic mass is 16.5. The van der Waals surface area contributed by atoms with E-state index in [-0.39, 0.29) is 11.6 Å². The minimum atomic E-state index is -0.181. The van der Waals surface area contributed by atoms with Crippen molar-refractivity contribution in [3.63, 3.8) is 0 Å². The summed E-state index contributed by atoms with van der Waals surface area (Å²) in [5.74, 6) is 0.429. The highest BCUT2D eigenvalue weighted by Gasteiger charge is 2.14. The molecule has 1 heterocycles. The maximum atomic E-state index is 11.6. The largest absolute Gasteiger partial charge is 0.378 e. The average Bonchev–Trinajstić information content (AvgIpc) is 2.30. The number of ether oxygens (including phenoxy) is 1. The SMILES string of the molecule is CC(C)N(CCOCCN)c1ncc[nH]c1=O. The monoisotopic (exact) mass is 240 g/mol. The molecule has 0 spiro atoms. The van der Waals surface area contributed by atoms with Crippen LogP contribution >= 0.6 is 0 Å². The molecule has 1 aromatic heterocycles. The van der Waals surface area contributed by atoms with Crippen molar-refractivity contribution in [2.75, 3.05) is 31.2 Å². The van der Waals surface area contributed by atoms with Gasteiger partial charge in [-0.05, 0) is 13.8 Å². The van der Waals surface area contributed by atoms with Gasteiger partial charge >= 0.3 is 0 Å². The zero-order valence-electron chi connectivity index (χ0n) is 10.3. The Morgan fingerprint density at radius 1 is 1.53 bits per heavy atom. The fourth-order valence-electron chi connectivity index (χ4n) is 1.51. The first-order valence-corrected chi connectivity index (χ1v) is 5.75. The number of rotatable bonds is 7. The first kappa shape index (κ1) is 13.7. The minimum Gasteiger partial charge on any atom is -0.378 e. The van der Waals surface area contributed by atoms with Crippen LogP contribution < -0.4 is 16.2 Å². The van der Waals surface area contributed by atoms with Crippen LogP contribution in [0.4, 0.5) is 5.82 Å². The molecule has 0 saturated heterocycles. The topological polar surface area (TPSA) is 84.2 Å². The number of H-pyrrole nitrogens is 1. The summed E-state index contributed by atoms with van der Waals surface area (Å²) in [5, 5.41) is 0. The molecule has 0 saturated carbocycles. The number of aromatic nitrogens is 2. The maximum Gasteiger partial charge on any atom is 0.290 e. The van der Waals surface area contributed by atoms with Crippen LogP contribution in [0.3, 0.4) is 0 Å². The molecule has 0 unspecified atom stereocenters. The normalized spacial score (nSPS) is 10.8. The molecule has 6 heteroatoms. The summed E-state index contributed by atoms with van der Waals surface area (Å²) in [6.07, 6.45) is 3.10. The van der Waals surface area contributed by atoms with Crippen molar-refractivity contribution < 1.29 is 4.74 Å². The number of nitrogens with zero attached hydrogens (tertiary/aromatic N) is 2. The van der Waals surface area contributed by atoms with Crippen molar-refractivity contribution in [1.29, 1.82) is 0 Å². The number of anilines is 1. The zero-order valence-corrected chi connectivity index (χ0v) is 10.3. The molecule has 0 radical (unpaired) electrons. The van der Waals surface area contributed by atoms with Crippen molar-refractivity contribution in [2.45, 2.75) is 19.9 Å². The highest BCUT2D eigenvalue weighted by Crippen LogP contribution is 2.07. The number of hydrogen-bond donors (Lipinski definition) is 2. The van der Waals surface area contributed by atoms with Crippen LogP contribution in [0.5, 0.6) is 0 Å². The smallest absolute Gasteiger partial charge is 0.290 e. The van der Waals surface area contributed by atoms with Crippen LogP contribution in [-0.4, -0.2) is 42.3 Å². The molecule has 3 N–H and O–H groups in total. The first-order chi connectivity index (χ1) is 8.16. The van der Waals surface area contributed by atoms with E-state index in [4.69, 9.17) is 10.5 Å². The van der Waals surface area contributed by atoms with E-state index < -0.39 is 0 Å². The van der Waals surface area contributed by atoms with E-state index in [0.29, 0.717) is 32.1 Å². The number of hydrogen-bond acceptors (Lipinski definition) is 5. The van der Waals surface area contributed by atoms with Gasteiger partial charge in [-0.1, -0.05) is 0 Å². The Morgan fingerprint density at radius 2 is 2.29 bits per heavy atom. The molecule has 17 heavy (non-hydrogen) atoms. The molecular weight excluding hydrogens is 220 g/mol. The summed E-state index contributed by atoms with van der Waals surface area (Å²) in [6.45, 7) is 6.22. The van der Waals surface area contributed by atoms with Crippen LogP contribution in [0.15, 0.2) is 17.2 Å². The Morgan fingerprint density at radius 3 is 2.88 bits per heavy atom. The molecule has 0 aliphatic heterocycles. The molecule has 0 aliphatic carbocycles. The molecular formula is C11H20N4O2. The van der Waals surface area contributed by atoms with Gasteiger partial charge in [-0.25, -0.2) is 4.98 Å². The Kier molecular flexibility index (Phi) is 5.65. The van der Waals surface area contributed by atoms with Crippen LogP contribution in [0.25, 0.3) is 0 Å². The molecule has 0 aromatic carbocycles. The lowest BCUT2D eigenvalue weighted by atomic mass is 10.3. The summed E-state index contributed by atoms with van der Waals surface area (Å²) in [7, 11) is 0. The van der Waals surface area contributed by atoms with Crippen molar-refractivity contribution >= 4 is 5.82 Å². The highest BCUT2D eigenvalue weighted by molar-refractivity contribution is 5.36. The standard InChI is InChI=1S/C11H20N4O2/c1-9(2)15(6-8-17-7-3-12)10-11(16)14-5-4-13-10/h4-5,9H,3,6-8,12H2,1-2H3,(H,14,16). The van der Waals surface area contributed by atoms with Gasteiger partial charge in [0.25, 0.3) is 5.56 Å². The Hall–Kier alpha value is -1.40. The van der Waals surface area contributed by atoms with Crippen LogP contribution in [0.2, 0.25) is 0 Å². The molecule has 0 amide bonds. The molecule has 1 aromatic rings. The van der Waals surface area contributed by atoms with E-state index in [2.05, 4.69) is 9.97 Å². The van der Waals surface area contributed by atoms with Gasteiger partial charge in [0.05, 0.1) is 13.2 Å². The second-order valence-corrected chi connectivity index (χ2v) is 3.93. The molecule has 6 nitrogen and oxygen atoms in total. The molecule has 96 valence electrons. The van der Waals surface area contributed by atoms with Gasteiger partial charge in [0.15, 0.2) is 5.82 Å². The molecule has 0 aliphatic rings. The van der Waals surface area contributed by atoms with Gasteiger partial charge in [0.1, 0.15) is 0 Å². The Labute approximate surface area is 101 Å². The third-order valence-electron chi connectivity index (χ3n) is 2.32. The third-order valence-corrected chi connectivity index (χ3v) is 2.32. The maximum absolute atomic E-state index is 11.6. The van der Waals surface area contributed by atoms with E-state index in [1.165, 1.54) is 6.20 Å². The van der Waals surface area contributed by atoms with E-state index >= 15 is 0 Å². The Bertz CT molecular complexity index is 378. The fraction of sp³-hybridized carbons (Fsp3) is 0.636. The summed E-state index contributed by atoms with van der Waals surface area (Å²) in [5.41, 5.74) is 5.15. The van der Waals surface area contributed by atoms with Gasteiger partial charge in [0, 0.05) is 31.5 Å². The first-order valence-electron chi connectivity index (χ1n) is 5.75. The average molecular weight is 240 g/mol. The third kappa shape index (κ3) is 4.16. The summed E-state index contributed by atoms with van der Waals surface area (Å²) >= 11 is 0. The van der Waals surface area contributed by atoms with Crippen LogP contribution in [-0.2, 0) is 4.74 Å². The van der Waals surface area contributed by atoms with E-state index in [1.54, 1.807) is 6.20 Å². The molecule has 0 atom stereocenters. The van der Waals surface area contributed by atoms with Crippen LogP contribution in [0, 0.1) is 0 Å². The number of nitrogens with one attached hydrogen (secondary N) is 1. The lowest BCUT2D eigenvalue weighted by molar-refractivity contribution is 0.146. The van der Waals surface area contributed by atoms with Gasteiger partial charge in [-0.15, -0.1) is 0 Å². The second kappa shape index (κ2) is 7.03. The number of nitrogens with two attached hydrogens (primary N) is 1. The minimum absolute atomic E-state index is 0.181. The molecule has 1 rings (SSSR count). The quantitative estimate of drug-likeness (QED) is 0.653.